The first-order valence-electron chi connectivity index (χ1n) is 6.61. The van der Waals surface area contributed by atoms with Crippen molar-refractivity contribution in [1.82, 2.24) is 9.71 Å². The number of aliphatic hydroxyl groups excluding tert-OH is 1. The molecule has 21 heavy (non-hydrogen) atoms. The van der Waals surface area contributed by atoms with Gasteiger partial charge in [-0.05, 0) is 25.2 Å². The molecule has 2 rings (SSSR count). The lowest BCUT2D eigenvalue weighted by Crippen LogP contribution is -2.31. The number of nitrogens with one attached hydrogen (secondary N) is 1. The number of aliphatic hydroxyl groups is 1. The first-order chi connectivity index (χ1) is 10.0. The summed E-state index contributed by atoms with van der Waals surface area (Å²) in [6, 6.07) is 1.50. The number of sulfonamides is 1. The molecule has 7 heteroatoms. The smallest absolute Gasteiger partial charge is 0.242 e. The lowest BCUT2D eigenvalue weighted by Gasteiger charge is -2.13. The van der Waals surface area contributed by atoms with E-state index in [-0.39, 0.29) is 16.2 Å². The lowest BCUT2D eigenvalue weighted by atomic mass is 10.3. The van der Waals surface area contributed by atoms with Crippen LogP contribution >= 0.6 is 11.8 Å². The highest BCUT2D eigenvalue weighted by atomic mass is 32.2. The van der Waals surface area contributed by atoms with Gasteiger partial charge in [0.1, 0.15) is 4.90 Å². The Bertz CT molecular complexity index is 658. The summed E-state index contributed by atoms with van der Waals surface area (Å²) in [4.78, 5) is 4.04. The number of thioether (sulfide) groups is 1. The summed E-state index contributed by atoms with van der Waals surface area (Å²) in [7, 11) is -3.56. The Morgan fingerprint density at radius 3 is 2.86 bits per heavy atom. The van der Waals surface area contributed by atoms with Crippen molar-refractivity contribution in [2.75, 3.05) is 19.4 Å². The molecule has 1 aliphatic rings. The van der Waals surface area contributed by atoms with Crippen molar-refractivity contribution < 1.29 is 13.5 Å². The number of pyridine rings is 1. The van der Waals surface area contributed by atoms with Gasteiger partial charge in [0.2, 0.25) is 10.0 Å². The summed E-state index contributed by atoms with van der Waals surface area (Å²) in [5.41, 5.74) is 0.525. The molecule has 0 atom stereocenters. The molecule has 2 N–H and O–H groups in total. The van der Waals surface area contributed by atoms with Crippen molar-refractivity contribution in [3.05, 3.63) is 24.0 Å². The van der Waals surface area contributed by atoms with Gasteiger partial charge >= 0.3 is 0 Å². The van der Waals surface area contributed by atoms with E-state index >= 15 is 0 Å². The molecule has 1 aliphatic carbocycles. The van der Waals surface area contributed by atoms with Gasteiger partial charge in [-0.1, -0.05) is 11.8 Å². The zero-order chi connectivity index (χ0) is 15.3. The summed E-state index contributed by atoms with van der Waals surface area (Å²) in [6.45, 7) is 0.424. The van der Waals surface area contributed by atoms with Crippen molar-refractivity contribution in [1.29, 1.82) is 0 Å². The Hall–Kier alpha value is -1.07. The zero-order valence-electron chi connectivity index (χ0n) is 11.8. The van der Waals surface area contributed by atoms with Gasteiger partial charge in [-0.2, -0.15) is 11.8 Å². The van der Waals surface area contributed by atoms with Gasteiger partial charge in [0.25, 0.3) is 0 Å². The maximum absolute atomic E-state index is 12.3. The third kappa shape index (κ3) is 4.45. The molecule has 0 amide bonds. The molecule has 1 saturated carbocycles. The third-order valence-electron chi connectivity index (χ3n) is 3.32. The molecular weight excluding hydrogens is 308 g/mol. The molecule has 0 bridgehead atoms. The molecule has 0 saturated heterocycles. The van der Waals surface area contributed by atoms with Gasteiger partial charge in [-0.3, -0.25) is 4.98 Å². The average molecular weight is 326 g/mol. The highest BCUT2D eigenvalue weighted by Crippen LogP contribution is 2.46. The lowest BCUT2D eigenvalue weighted by molar-refractivity contribution is 0.305. The standard InChI is InChI=1S/C14H18N2O3S2/c1-20-14(5-6-14)11-16-21(18,19)13-8-12(9-15-10-13)4-2-3-7-17/h8-10,16-17H,3,5-7,11H2,1H3. The summed E-state index contributed by atoms with van der Waals surface area (Å²) in [6.07, 6.45) is 7.26. The number of hydrogen-bond donors (Lipinski definition) is 2. The fourth-order valence-electron chi connectivity index (χ4n) is 1.76. The minimum atomic E-state index is -3.56. The summed E-state index contributed by atoms with van der Waals surface area (Å²) in [5.74, 6) is 5.53. The summed E-state index contributed by atoms with van der Waals surface area (Å²) < 4.78 is 27.2. The second-order valence-electron chi connectivity index (χ2n) is 4.90. The molecule has 0 aromatic carbocycles. The second-order valence-corrected chi connectivity index (χ2v) is 7.94. The number of aromatic nitrogens is 1. The van der Waals surface area contributed by atoms with Crippen LogP contribution in [-0.4, -0.2) is 42.7 Å². The van der Waals surface area contributed by atoms with Crippen LogP contribution in [0.4, 0.5) is 0 Å². The quantitative estimate of drug-likeness (QED) is 0.762. The molecular formula is C14H18N2O3S2. The van der Waals surface area contributed by atoms with E-state index in [0.29, 0.717) is 18.5 Å². The van der Waals surface area contributed by atoms with Gasteiger partial charge in [-0.15, -0.1) is 0 Å². The fourth-order valence-corrected chi connectivity index (χ4v) is 3.69. The van der Waals surface area contributed by atoms with Crippen LogP contribution in [0.1, 0.15) is 24.8 Å². The molecule has 1 aromatic heterocycles. The third-order valence-corrected chi connectivity index (χ3v) is 6.10. The molecule has 114 valence electrons. The Kier molecular flexibility index (Phi) is 5.27. The SMILES string of the molecule is CSC1(CNS(=O)(=O)c2cncc(C#CCCO)c2)CC1. The Balaban J connectivity index is 2.09. The van der Waals surface area contributed by atoms with Crippen molar-refractivity contribution in [3.8, 4) is 11.8 Å². The van der Waals surface area contributed by atoms with Crippen LogP contribution in [0, 0.1) is 11.8 Å². The van der Waals surface area contributed by atoms with Gasteiger partial charge in [0.15, 0.2) is 0 Å². The van der Waals surface area contributed by atoms with Crippen LogP contribution in [0.2, 0.25) is 0 Å². The molecule has 1 fully saturated rings. The zero-order valence-corrected chi connectivity index (χ0v) is 13.4. The molecule has 0 radical (unpaired) electrons. The van der Waals surface area contributed by atoms with Crippen LogP contribution in [0.5, 0.6) is 0 Å². The van der Waals surface area contributed by atoms with Crippen molar-refractivity contribution in [2.24, 2.45) is 0 Å². The highest BCUT2D eigenvalue weighted by molar-refractivity contribution is 8.00. The van der Waals surface area contributed by atoms with E-state index < -0.39 is 10.0 Å². The maximum atomic E-state index is 12.3. The van der Waals surface area contributed by atoms with Gasteiger partial charge in [0.05, 0.1) is 6.61 Å². The van der Waals surface area contributed by atoms with Crippen LogP contribution < -0.4 is 4.72 Å². The Labute approximate surface area is 129 Å². The molecule has 0 aliphatic heterocycles. The molecule has 1 heterocycles. The molecule has 0 unspecified atom stereocenters. The van der Waals surface area contributed by atoms with Crippen LogP contribution in [0.15, 0.2) is 23.4 Å². The summed E-state index contributed by atoms with van der Waals surface area (Å²) >= 11 is 1.70. The minimum Gasteiger partial charge on any atom is -0.395 e. The van der Waals surface area contributed by atoms with Gasteiger partial charge < -0.3 is 5.11 Å². The first-order valence-corrected chi connectivity index (χ1v) is 9.32. The normalized spacial score (nSPS) is 16.1. The topological polar surface area (TPSA) is 79.3 Å². The second kappa shape index (κ2) is 6.79. The first kappa shape index (κ1) is 16.3. The van der Waals surface area contributed by atoms with E-state index in [0.717, 1.165) is 12.8 Å². The number of nitrogens with zero attached hydrogens (tertiary/aromatic N) is 1. The Morgan fingerprint density at radius 2 is 2.24 bits per heavy atom. The molecule has 5 nitrogen and oxygen atoms in total. The molecule has 1 aromatic rings. The Morgan fingerprint density at radius 1 is 1.48 bits per heavy atom. The minimum absolute atomic E-state index is 0.0171. The van der Waals surface area contributed by atoms with E-state index in [2.05, 4.69) is 21.5 Å². The van der Waals surface area contributed by atoms with Crippen molar-refractivity contribution >= 4 is 21.8 Å². The fraction of sp³-hybridized carbons (Fsp3) is 0.500. The predicted octanol–water partition coefficient (Wildman–Crippen LogP) is 0.989. The van der Waals surface area contributed by atoms with Crippen LogP contribution in [0.25, 0.3) is 0 Å². The number of hydrogen-bond acceptors (Lipinski definition) is 5. The summed E-state index contributed by atoms with van der Waals surface area (Å²) in [5, 5.41) is 8.68. The predicted molar refractivity (Wildman–Crippen MR) is 83.5 cm³/mol. The van der Waals surface area contributed by atoms with Crippen LogP contribution in [0.3, 0.4) is 0 Å². The maximum Gasteiger partial charge on any atom is 0.242 e. The molecule has 0 spiro atoms. The largest absolute Gasteiger partial charge is 0.395 e. The average Bonchev–Trinajstić information content (AvgIpc) is 3.27. The van der Waals surface area contributed by atoms with E-state index in [1.54, 1.807) is 11.8 Å². The van der Waals surface area contributed by atoms with E-state index in [1.165, 1.54) is 18.5 Å². The monoisotopic (exact) mass is 326 g/mol. The van der Waals surface area contributed by atoms with Gasteiger partial charge in [-0.25, -0.2) is 13.1 Å². The van der Waals surface area contributed by atoms with E-state index in [1.807, 2.05) is 6.26 Å². The van der Waals surface area contributed by atoms with Crippen molar-refractivity contribution in [2.45, 2.75) is 28.9 Å². The van der Waals surface area contributed by atoms with E-state index in [4.69, 9.17) is 5.11 Å². The van der Waals surface area contributed by atoms with Crippen LogP contribution in [-0.2, 0) is 10.0 Å². The van der Waals surface area contributed by atoms with Gasteiger partial charge in [0, 0.05) is 35.7 Å². The highest BCUT2D eigenvalue weighted by Gasteiger charge is 2.42. The van der Waals surface area contributed by atoms with E-state index in [9.17, 15) is 8.42 Å². The number of rotatable bonds is 6. The van der Waals surface area contributed by atoms with Crippen molar-refractivity contribution in [3.63, 3.8) is 0 Å².